The topological polar surface area (TPSA) is 42.2 Å². The van der Waals surface area contributed by atoms with Crippen LogP contribution in [-0.4, -0.2) is 17.2 Å². The summed E-state index contributed by atoms with van der Waals surface area (Å²) in [4.78, 5) is 0. The molecule has 1 aromatic rings. The SMILES string of the molecule is CC1(C)c2cc(O)ccc2CC2NC21. The van der Waals surface area contributed by atoms with Crippen LogP contribution in [0.5, 0.6) is 5.75 Å². The molecule has 1 aliphatic carbocycles. The minimum absolute atomic E-state index is 0.164. The summed E-state index contributed by atoms with van der Waals surface area (Å²) in [5, 5.41) is 13.0. The maximum Gasteiger partial charge on any atom is 0.115 e. The maximum atomic E-state index is 9.50. The molecule has 1 heterocycles. The highest BCUT2D eigenvalue weighted by Crippen LogP contribution is 2.44. The van der Waals surface area contributed by atoms with Crippen molar-refractivity contribution in [1.82, 2.24) is 5.32 Å². The molecule has 1 saturated heterocycles. The van der Waals surface area contributed by atoms with Gasteiger partial charge in [-0.25, -0.2) is 0 Å². The fourth-order valence-corrected chi connectivity index (χ4v) is 2.81. The van der Waals surface area contributed by atoms with Gasteiger partial charge in [-0.2, -0.15) is 0 Å². The molecule has 2 unspecified atom stereocenters. The van der Waals surface area contributed by atoms with Crippen LogP contribution < -0.4 is 5.32 Å². The van der Waals surface area contributed by atoms with Crippen molar-refractivity contribution in [1.29, 1.82) is 0 Å². The molecule has 3 rings (SSSR count). The Morgan fingerprint density at radius 1 is 1.43 bits per heavy atom. The van der Waals surface area contributed by atoms with Crippen molar-refractivity contribution < 1.29 is 5.11 Å². The number of fused-ring (bicyclic) bond motifs is 2. The van der Waals surface area contributed by atoms with E-state index in [1.807, 2.05) is 6.07 Å². The highest BCUT2D eigenvalue weighted by atomic mass is 16.3. The summed E-state index contributed by atoms with van der Waals surface area (Å²) < 4.78 is 0. The Morgan fingerprint density at radius 2 is 2.21 bits per heavy atom. The Morgan fingerprint density at radius 3 is 3.00 bits per heavy atom. The summed E-state index contributed by atoms with van der Waals surface area (Å²) >= 11 is 0. The van der Waals surface area contributed by atoms with Crippen molar-refractivity contribution in [3.63, 3.8) is 0 Å². The molecule has 2 atom stereocenters. The first kappa shape index (κ1) is 8.30. The van der Waals surface area contributed by atoms with E-state index in [9.17, 15) is 5.11 Å². The van der Waals surface area contributed by atoms with Crippen LogP contribution in [0.3, 0.4) is 0 Å². The van der Waals surface area contributed by atoms with Crippen molar-refractivity contribution in [3.05, 3.63) is 29.3 Å². The first-order valence-corrected chi connectivity index (χ1v) is 5.17. The predicted molar refractivity (Wildman–Crippen MR) is 55.5 cm³/mol. The lowest BCUT2D eigenvalue weighted by molar-refractivity contribution is 0.454. The molecule has 0 bridgehead atoms. The molecule has 0 spiro atoms. The second-order valence-corrected chi connectivity index (χ2v) is 5.02. The number of nitrogens with one attached hydrogen (secondary N) is 1. The van der Waals surface area contributed by atoms with Crippen LogP contribution in [0.2, 0.25) is 0 Å². The first-order valence-electron chi connectivity index (χ1n) is 5.17. The summed E-state index contributed by atoms with van der Waals surface area (Å²) in [6.45, 7) is 4.50. The molecule has 74 valence electrons. The minimum atomic E-state index is 0.164. The van der Waals surface area contributed by atoms with Crippen LogP contribution in [0.4, 0.5) is 0 Å². The van der Waals surface area contributed by atoms with Gasteiger partial charge in [-0.1, -0.05) is 19.9 Å². The van der Waals surface area contributed by atoms with Crippen LogP contribution in [0.25, 0.3) is 0 Å². The molecule has 0 radical (unpaired) electrons. The second kappa shape index (κ2) is 2.31. The number of benzene rings is 1. The van der Waals surface area contributed by atoms with E-state index >= 15 is 0 Å². The molecule has 14 heavy (non-hydrogen) atoms. The lowest BCUT2D eigenvalue weighted by atomic mass is 9.72. The van der Waals surface area contributed by atoms with Gasteiger partial charge in [-0.3, -0.25) is 0 Å². The molecule has 0 saturated carbocycles. The van der Waals surface area contributed by atoms with Gasteiger partial charge in [-0.15, -0.1) is 0 Å². The zero-order valence-electron chi connectivity index (χ0n) is 8.54. The van der Waals surface area contributed by atoms with Crippen LogP contribution in [-0.2, 0) is 11.8 Å². The molecule has 0 aromatic heterocycles. The highest BCUT2D eigenvalue weighted by Gasteiger charge is 2.51. The molecule has 1 aromatic carbocycles. The monoisotopic (exact) mass is 189 g/mol. The fourth-order valence-electron chi connectivity index (χ4n) is 2.81. The molecule has 2 aliphatic rings. The Labute approximate surface area is 84.0 Å². The average molecular weight is 189 g/mol. The first-order chi connectivity index (χ1) is 6.59. The van der Waals surface area contributed by atoms with Gasteiger partial charge in [0.15, 0.2) is 0 Å². The third kappa shape index (κ3) is 0.947. The van der Waals surface area contributed by atoms with Crippen LogP contribution in [0.15, 0.2) is 18.2 Å². The van der Waals surface area contributed by atoms with E-state index in [0.29, 0.717) is 17.8 Å². The van der Waals surface area contributed by atoms with Gasteiger partial charge in [0.05, 0.1) is 0 Å². The Bertz CT molecular complexity index is 397. The third-order valence-electron chi connectivity index (χ3n) is 3.69. The maximum absolute atomic E-state index is 9.50. The normalized spacial score (nSPS) is 31.9. The molecule has 2 N–H and O–H groups in total. The van der Waals surface area contributed by atoms with E-state index in [-0.39, 0.29) is 5.41 Å². The van der Waals surface area contributed by atoms with E-state index in [0.717, 1.165) is 6.42 Å². The quantitative estimate of drug-likeness (QED) is 0.608. The number of hydrogen-bond acceptors (Lipinski definition) is 2. The van der Waals surface area contributed by atoms with E-state index < -0.39 is 0 Å². The van der Waals surface area contributed by atoms with Crippen LogP contribution in [0.1, 0.15) is 25.0 Å². The van der Waals surface area contributed by atoms with Crippen molar-refractivity contribution in [2.45, 2.75) is 37.8 Å². The summed E-state index contributed by atoms with van der Waals surface area (Å²) in [6.07, 6.45) is 1.11. The Hall–Kier alpha value is -1.02. The van der Waals surface area contributed by atoms with Crippen molar-refractivity contribution in [2.24, 2.45) is 0 Å². The summed E-state index contributed by atoms with van der Waals surface area (Å²) in [5.74, 6) is 0.385. The van der Waals surface area contributed by atoms with Gasteiger partial charge >= 0.3 is 0 Å². The number of aromatic hydroxyl groups is 1. The van der Waals surface area contributed by atoms with Gasteiger partial charge < -0.3 is 10.4 Å². The molecule has 2 nitrogen and oxygen atoms in total. The van der Waals surface area contributed by atoms with Crippen molar-refractivity contribution >= 4 is 0 Å². The largest absolute Gasteiger partial charge is 0.508 e. The smallest absolute Gasteiger partial charge is 0.115 e. The van der Waals surface area contributed by atoms with Crippen LogP contribution >= 0.6 is 0 Å². The van der Waals surface area contributed by atoms with Gasteiger partial charge in [0.2, 0.25) is 0 Å². The van der Waals surface area contributed by atoms with Gasteiger partial charge in [0, 0.05) is 17.5 Å². The number of phenols is 1. The Balaban J connectivity index is 2.18. The number of phenolic OH excluding ortho intramolecular Hbond substituents is 1. The number of rotatable bonds is 0. The summed E-state index contributed by atoms with van der Waals surface area (Å²) in [5.41, 5.74) is 2.86. The standard InChI is InChI=1S/C12H15NO/c1-12(2)9-6-8(14)4-3-7(9)5-10-11(12)13-10/h3-4,6,10-11,13-14H,5H2,1-2H3. The van der Waals surface area contributed by atoms with E-state index in [4.69, 9.17) is 0 Å². The third-order valence-corrected chi connectivity index (χ3v) is 3.69. The average Bonchev–Trinajstić information content (AvgIpc) is 2.87. The van der Waals surface area contributed by atoms with Gasteiger partial charge in [0.1, 0.15) is 5.75 Å². The molecule has 1 fully saturated rings. The number of hydrogen-bond donors (Lipinski definition) is 2. The molecular weight excluding hydrogens is 174 g/mol. The second-order valence-electron chi connectivity index (χ2n) is 5.02. The predicted octanol–water partition coefficient (Wildman–Crippen LogP) is 1.57. The highest BCUT2D eigenvalue weighted by molar-refractivity contribution is 5.46. The van der Waals surface area contributed by atoms with Gasteiger partial charge in [-0.05, 0) is 29.7 Å². The molecule has 1 aliphatic heterocycles. The molecule has 0 amide bonds. The lowest BCUT2D eigenvalue weighted by Crippen LogP contribution is -2.32. The molecule has 2 heteroatoms. The van der Waals surface area contributed by atoms with E-state index in [2.05, 4.69) is 25.2 Å². The van der Waals surface area contributed by atoms with Crippen LogP contribution in [0, 0.1) is 0 Å². The van der Waals surface area contributed by atoms with E-state index in [1.54, 1.807) is 6.07 Å². The summed E-state index contributed by atoms with van der Waals surface area (Å²) in [6, 6.07) is 7.05. The Kier molecular flexibility index (Phi) is 1.37. The summed E-state index contributed by atoms with van der Waals surface area (Å²) in [7, 11) is 0. The zero-order valence-corrected chi connectivity index (χ0v) is 8.54. The van der Waals surface area contributed by atoms with Crippen molar-refractivity contribution in [3.8, 4) is 5.75 Å². The van der Waals surface area contributed by atoms with Crippen molar-refractivity contribution in [2.75, 3.05) is 0 Å². The minimum Gasteiger partial charge on any atom is -0.508 e. The fraction of sp³-hybridized carbons (Fsp3) is 0.500. The molecular formula is C12H15NO. The van der Waals surface area contributed by atoms with Gasteiger partial charge in [0.25, 0.3) is 0 Å². The lowest BCUT2D eigenvalue weighted by Gasteiger charge is -2.31. The zero-order chi connectivity index (χ0) is 9.92. The van der Waals surface area contributed by atoms with E-state index in [1.165, 1.54) is 11.1 Å².